The van der Waals surface area contributed by atoms with Crippen LogP contribution in [0.25, 0.3) is 11.2 Å². The van der Waals surface area contributed by atoms with Gasteiger partial charge in [0.05, 0.1) is 13.7 Å². The molecule has 0 bridgehead atoms. The zero-order valence-corrected chi connectivity index (χ0v) is 20.3. The molecule has 0 saturated heterocycles. The van der Waals surface area contributed by atoms with Gasteiger partial charge in [-0.25, -0.2) is 14.2 Å². The highest BCUT2D eigenvalue weighted by atomic mass is 32.2. The summed E-state index contributed by atoms with van der Waals surface area (Å²) in [7, 11) is 3.27. The minimum atomic E-state index is -0.401. The highest BCUT2D eigenvalue weighted by Gasteiger charge is 2.34. The number of nitrogens with zero attached hydrogens (tertiary/aromatic N) is 4. The maximum absolute atomic E-state index is 13.7. The number of thiocarbonyl (C=S) groups is 1. The molecule has 0 unspecified atom stereocenters. The van der Waals surface area contributed by atoms with E-state index in [0.29, 0.717) is 38.5 Å². The lowest BCUT2D eigenvalue weighted by molar-refractivity contribution is 0.410. The summed E-state index contributed by atoms with van der Waals surface area (Å²) in [6, 6.07) is 4.48. The van der Waals surface area contributed by atoms with Gasteiger partial charge in [-0.15, -0.1) is 0 Å². The molecular weight excluding hydrogens is 477 g/mol. The van der Waals surface area contributed by atoms with Crippen LogP contribution in [0.3, 0.4) is 0 Å². The Balaban J connectivity index is 1.35. The van der Waals surface area contributed by atoms with Crippen molar-refractivity contribution in [2.45, 2.75) is 42.7 Å². The van der Waals surface area contributed by atoms with Gasteiger partial charge in [-0.1, -0.05) is 29.9 Å². The van der Waals surface area contributed by atoms with Crippen molar-refractivity contribution in [2.75, 3.05) is 20.7 Å². The third-order valence-corrected chi connectivity index (χ3v) is 7.22. The first kappa shape index (κ1) is 22.7. The van der Waals surface area contributed by atoms with Crippen molar-refractivity contribution in [3.63, 3.8) is 0 Å². The Labute approximate surface area is 204 Å². The minimum absolute atomic E-state index is 0.0162. The van der Waals surface area contributed by atoms with Gasteiger partial charge in [-0.2, -0.15) is 0 Å². The molecule has 34 heavy (non-hydrogen) atoms. The van der Waals surface area contributed by atoms with E-state index in [0.717, 1.165) is 25.7 Å². The first-order valence-corrected chi connectivity index (χ1v) is 12.1. The predicted octanol–water partition coefficient (Wildman–Crippen LogP) is 3.06. The molecule has 2 aliphatic carbocycles. The van der Waals surface area contributed by atoms with Gasteiger partial charge in [0, 0.05) is 30.1 Å². The molecule has 11 heteroatoms. The number of hydrogen-bond donors (Lipinski definition) is 1. The summed E-state index contributed by atoms with van der Waals surface area (Å²) < 4.78 is 22.3. The van der Waals surface area contributed by atoms with Crippen molar-refractivity contribution in [3.05, 3.63) is 50.7 Å². The van der Waals surface area contributed by atoms with E-state index < -0.39 is 5.82 Å². The highest BCUT2D eigenvalue weighted by molar-refractivity contribution is 8.22. The number of aromatic nitrogens is 4. The van der Waals surface area contributed by atoms with Crippen LogP contribution in [0.4, 0.5) is 4.39 Å². The molecule has 176 valence electrons. The Bertz CT molecular complexity index is 1470. The third-order valence-electron chi connectivity index (χ3n) is 5.70. The van der Waals surface area contributed by atoms with E-state index in [1.165, 1.54) is 35.6 Å². The van der Waals surface area contributed by atoms with Crippen molar-refractivity contribution in [1.82, 2.24) is 24.0 Å². The molecule has 2 aromatic heterocycles. The van der Waals surface area contributed by atoms with E-state index in [4.69, 9.17) is 17.0 Å². The summed E-state index contributed by atoms with van der Waals surface area (Å²) in [5.41, 5.74) is 0.0881. The molecule has 5 rings (SSSR count). The molecule has 2 heterocycles. The molecular formula is C23H22FN5O3S2. The normalized spacial score (nSPS) is 15.1. The summed E-state index contributed by atoms with van der Waals surface area (Å²) >= 11 is 6.68. The molecule has 3 aromatic rings. The van der Waals surface area contributed by atoms with Crippen molar-refractivity contribution in [2.24, 2.45) is 0 Å². The monoisotopic (exact) mass is 499 g/mol. The zero-order valence-electron chi connectivity index (χ0n) is 18.6. The third kappa shape index (κ3) is 4.48. The zero-order chi connectivity index (χ0) is 24.0. The van der Waals surface area contributed by atoms with Gasteiger partial charge in [-0.05, 0) is 43.7 Å². The van der Waals surface area contributed by atoms with Crippen molar-refractivity contribution >= 4 is 39.5 Å². The first-order chi connectivity index (χ1) is 16.4. The topological polar surface area (TPSA) is 85.2 Å². The van der Waals surface area contributed by atoms with Crippen LogP contribution in [0.15, 0.2) is 32.7 Å². The number of benzene rings is 1. The van der Waals surface area contributed by atoms with E-state index in [9.17, 15) is 14.0 Å². The molecule has 2 fully saturated rings. The van der Waals surface area contributed by atoms with Crippen LogP contribution < -0.4 is 16.0 Å². The minimum Gasteiger partial charge on any atom is -0.497 e. The van der Waals surface area contributed by atoms with Crippen molar-refractivity contribution in [3.8, 4) is 17.6 Å². The number of methoxy groups -OCH3 is 1. The average Bonchev–Trinajstić information content (AvgIpc) is 3.72. The van der Waals surface area contributed by atoms with E-state index in [2.05, 4.69) is 21.8 Å². The Morgan fingerprint density at radius 3 is 2.65 bits per heavy atom. The van der Waals surface area contributed by atoms with Gasteiger partial charge in [0.15, 0.2) is 17.0 Å². The average molecular weight is 500 g/mol. The van der Waals surface area contributed by atoms with E-state index >= 15 is 0 Å². The van der Waals surface area contributed by atoms with Gasteiger partial charge < -0.3 is 14.6 Å². The number of halogens is 1. The number of rotatable bonds is 5. The number of ether oxygens (including phenoxy) is 1. The number of nitrogens with one attached hydrogen (secondary N) is 1. The molecule has 0 radical (unpaired) electrons. The molecule has 0 atom stereocenters. The van der Waals surface area contributed by atoms with Crippen LogP contribution in [-0.4, -0.2) is 49.0 Å². The van der Waals surface area contributed by atoms with Gasteiger partial charge in [0.1, 0.15) is 15.9 Å². The van der Waals surface area contributed by atoms with Crippen molar-refractivity contribution < 1.29 is 9.13 Å². The fourth-order valence-electron chi connectivity index (χ4n) is 3.68. The van der Waals surface area contributed by atoms with Crippen LogP contribution in [0, 0.1) is 17.7 Å². The number of hydrogen-bond acceptors (Lipinski definition) is 6. The largest absolute Gasteiger partial charge is 0.497 e. The lowest BCUT2D eigenvalue weighted by Gasteiger charge is -2.16. The van der Waals surface area contributed by atoms with Crippen LogP contribution in [-0.2, 0) is 0 Å². The molecule has 0 spiro atoms. The summed E-state index contributed by atoms with van der Waals surface area (Å²) in [6.07, 6.45) is 3.50. The van der Waals surface area contributed by atoms with Crippen LogP contribution in [0.2, 0.25) is 0 Å². The number of H-pyrrole nitrogens is 1. The van der Waals surface area contributed by atoms with Crippen LogP contribution in [0.5, 0.6) is 5.75 Å². The van der Waals surface area contributed by atoms with E-state index in [-0.39, 0.29) is 23.3 Å². The smallest absolute Gasteiger partial charge is 0.333 e. The highest BCUT2D eigenvalue weighted by Crippen LogP contribution is 2.36. The fraction of sp³-hybridized carbons (Fsp3) is 0.391. The van der Waals surface area contributed by atoms with Gasteiger partial charge in [0.2, 0.25) is 0 Å². The van der Waals surface area contributed by atoms with Crippen LogP contribution >= 0.6 is 24.0 Å². The van der Waals surface area contributed by atoms with Crippen LogP contribution in [0.1, 0.15) is 43.6 Å². The lowest BCUT2D eigenvalue weighted by Crippen LogP contribution is -2.39. The first-order valence-electron chi connectivity index (χ1n) is 10.9. The number of fused-ring (bicyclic) bond motifs is 1. The number of thioether (sulfide) groups is 1. The van der Waals surface area contributed by atoms with Crippen molar-refractivity contribution in [1.29, 1.82) is 0 Å². The standard InChI is InChI=1S/C23H22FN5O3S2/c1-27(23(33)34-17-11-13(24)10-16(12-17)32-2)9-3-4-18-25-19-20(26-18)28(14-5-6-14)22(31)29(21(19)30)15-7-8-15/h10-12,14-15H,5-9H2,1-2H3,(H,25,26). The molecule has 8 nitrogen and oxygen atoms in total. The molecule has 2 saturated carbocycles. The lowest BCUT2D eigenvalue weighted by atomic mass is 10.3. The second kappa shape index (κ2) is 8.92. The number of imidazole rings is 1. The number of aromatic amines is 1. The molecule has 0 aliphatic heterocycles. The Hall–Kier alpha value is -3.10. The quantitative estimate of drug-likeness (QED) is 0.328. The van der Waals surface area contributed by atoms with Gasteiger partial charge in [0.25, 0.3) is 5.56 Å². The molecule has 0 amide bonds. The predicted molar refractivity (Wildman–Crippen MR) is 132 cm³/mol. The fourth-order valence-corrected chi connectivity index (χ4v) is 4.80. The van der Waals surface area contributed by atoms with Gasteiger partial charge >= 0.3 is 5.69 Å². The maximum Gasteiger partial charge on any atom is 0.333 e. The summed E-state index contributed by atoms with van der Waals surface area (Å²) in [6.45, 7) is 0.303. The van der Waals surface area contributed by atoms with E-state index in [1.54, 1.807) is 22.6 Å². The Morgan fingerprint density at radius 1 is 1.26 bits per heavy atom. The molecule has 1 aromatic carbocycles. The Kier molecular flexibility index (Phi) is 5.95. The second-order valence-corrected chi connectivity index (χ2v) is 10.1. The summed E-state index contributed by atoms with van der Waals surface area (Å²) in [4.78, 5) is 35.7. The summed E-state index contributed by atoms with van der Waals surface area (Å²) in [5, 5.41) is 0. The SMILES string of the molecule is COc1cc(F)cc(SC(=S)N(C)CC#Cc2nc3c([nH]2)c(=O)n(C2CC2)c(=O)n3C2CC2)c1. The Morgan fingerprint density at radius 2 is 1.97 bits per heavy atom. The second-order valence-electron chi connectivity index (χ2n) is 8.43. The maximum atomic E-state index is 13.7. The molecule has 1 N–H and O–H groups in total. The van der Waals surface area contributed by atoms with E-state index in [1.807, 2.05) is 0 Å². The summed E-state index contributed by atoms with van der Waals surface area (Å²) in [5.74, 6) is 6.28. The molecule has 2 aliphatic rings. The van der Waals surface area contributed by atoms with Gasteiger partial charge in [-0.3, -0.25) is 13.9 Å².